The van der Waals surface area contributed by atoms with Gasteiger partial charge in [0.25, 0.3) is 0 Å². The maximum absolute atomic E-state index is 11.3. The molecular weight excluding hydrogens is 178 g/mol. The van der Waals surface area contributed by atoms with E-state index >= 15 is 0 Å². The van der Waals surface area contributed by atoms with Crippen molar-refractivity contribution < 1.29 is 9.53 Å². The molecule has 1 aliphatic rings. The first-order valence-electron chi connectivity index (χ1n) is 5.57. The Morgan fingerprint density at radius 3 is 2.71 bits per heavy atom. The number of hydrogen-bond acceptors (Lipinski definition) is 3. The Hall–Kier alpha value is -0.860. The number of cyclic esters (lactones) is 1. The summed E-state index contributed by atoms with van der Waals surface area (Å²) in [6.07, 6.45) is 6.89. The summed E-state index contributed by atoms with van der Waals surface area (Å²) in [7, 11) is 0. The largest absolute Gasteiger partial charge is 0.412 e. The summed E-state index contributed by atoms with van der Waals surface area (Å²) in [4.78, 5) is 15.5. The van der Waals surface area contributed by atoms with Crippen molar-refractivity contribution in [3.63, 3.8) is 0 Å². The summed E-state index contributed by atoms with van der Waals surface area (Å²) in [6.45, 7) is 2.77. The van der Waals surface area contributed by atoms with Gasteiger partial charge >= 0.3 is 5.97 Å². The highest BCUT2D eigenvalue weighted by molar-refractivity contribution is 5.88. The molecule has 1 aliphatic heterocycles. The molecule has 1 rings (SSSR count). The quantitative estimate of drug-likeness (QED) is 0.606. The van der Waals surface area contributed by atoms with E-state index in [0.29, 0.717) is 18.7 Å². The highest BCUT2D eigenvalue weighted by Gasteiger charge is 2.07. The fourth-order valence-electron chi connectivity index (χ4n) is 1.51. The van der Waals surface area contributed by atoms with Crippen LogP contribution in [0.15, 0.2) is 4.99 Å². The number of esters is 1. The Labute approximate surface area is 85.6 Å². The van der Waals surface area contributed by atoms with Crippen LogP contribution in [0.3, 0.4) is 0 Å². The lowest BCUT2D eigenvalue weighted by atomic mass is 10.1. The highest BCUT2D eigenvalue weighted by Crippen LogP contribution is 2.08. The second kappa shape index (κ2) is 6.57. The summed E-state index contributed by atoms with van der Waals surface area (Å²) in [6, 6.07) is 0. The standard InChI is InChI=1S/C11H19NO2/c1-2-10-12-9-7-5-3-4-6-8-11(13)14-10/h2-9H2,1H3/b12-10-. The number of rotatable bonds is 1. The summed E-state index contributed by atoms with van der Waals surface area (Å²) in [5.74, 6) is 0.490. The van der Waals surface area contributed by atoms with Crippen molar-refractivity contribution in [1.29, 1.82) is 0 Å². The molecule has 0 saturated heterocycles. The van der Waals surface area contributed by atoms with E-state index in [1.54, 1.807) is 0 Å². The average Bonchev–Trinajstić information content (AvgIpc) is 2.23. The van der Waals surface area contributed by atoms with Crippen LogP contribution in [0.2, 0.25) is 0 Å². The Bertz CT molecular complexity index is 211. The molecule has 0 aromatic rings. The molecule has 0 amide bonds. The van der Waals surface area contributed by atoms with Gasteiger partial charge in [0.05, 0.1) is 0 Å². The molecule has 0 aromatic carbocycles. The zero-order chi connectivity index (χ0) is 10.2. The Morgan fingerprint density at radius 1 is 1.21 bits per heavy atom. The SMILES string of the molecule is CC/C1=N/CCCCCCCC(=O)O1. The fourth-order valence-corrected chi connectivity index (χ4v) is 1.51. The topological polar surface area (TPSA) is 38.7 Å². The number of aliphatic imine (C=N–C) groups is 1. The van der Waals surface area contributed by atoms with Gasteiger partial charge in [0.2, 0.25) is 0 Å². The van der Waals surface area contributed by atoms with Gasteiger partial charge in [-0.3, -0.25) is 9.79 Å². The summed E-state index contributed by atoms with van der Waals surface area (Å²) in [5.41, 5.74) is 0. The summed E-state index contributed by atoms with van der Waals surface area (Å²) < 4.78 is 5.14. The lowest BCUT2D eigenvalue weighted by Gasteiger charge is -2.04. The van der Waals surface area contributed by atoms with Crippen molar-refractivity contribution in [3.8, 4) is 0 Å². The van der Waals surface area contributed by atoms with Crippen LogP contribution in [0, 0.1) is 0 Å². The molecule has 0 unspecified atom stereocenters. The molecule has 0 aromatic heterocycles. The van der Waals surface area contributed by atoms with E-state index < -0.39 is 0 Å². The number of carbonyl (C=O) groups excluding carboxylic acids is 1. The van der Waals surface area contributed by atoms with Gasteiger partial charge in [-0.15, -0.1) is 0 Å². The Kier molecular flexibility index (Phi) is 5.27. The van der Waals surface area contributed by atoms with Crippen molar-refractivity contribution in [2.45, 2.75) is 51.9 Å². The molecule has 3 nitrogen and oxygen atoms in total. The van der Waals surface area contributed by atoms with Crippen molar-refractivity contribution in [2.75, 3.05) is 6.54 Å². The molecule has 0 fully saturated rings. The first kappa shape index (κ1) is 11.2. The first-order chi connectivity index (χ1) is 6.83. The Balaban J connectivity index is 2.47. The van der Waals surface area contributed by atoms with Crippen LogP contribution in [0.4, 0.5) is 0 Å². The van der Waals surface area contributed by atoms with Gasteiger partial charge in [-0.25, -0.2) is 0 Å². The lowest BCUT2D eigenvalue weighted by Crippen LogP contribution is -2.11. The van der Waals surface area contributed by atoms with Crippen LogP contribution >= 0.6 is 0 Å². The zero-order valence-corrected chi connectivity index (χ0v) is 8.92. The molecule has 0 spiro atoms. The van der Waals surface area contributed by atoms with Crippen LogP contribution in [0.25, 0.3) is 0 Å². The monoisotopic (exact) mass is 197 g/mol. The second-order valence-electron chi connectivity index (χ2n) is 3.62. The zero-order valence-electron chi connectivity index (χ0n) is 8.92. The van der Waals surface area contributed by atoms with Gasteiger partial charge in [0, 0.05) is 19.4 Å². The molecule has 0 aliphatic carbocycles. The van der Waals surface area contributed by atoms with Crippen molar-refractivity contribution >= 4 is 11.9 Å². The molecule has 80 valence electrons. The second-order valence-corrected chi connectivity index (χ2v) is 3.62. The van der Waals surface area contributed by atoms with Crippen molar-refractivity contribution in [3.05, 3.63) is 0 Å². The maximum atomic E-state index is 11.3. The van der Waals surface area contributed by atoms with Gasteiger partial charge in [0.1, 0.15) is 0 Å². The van der Waals surface area contributed by atoms with E-state index in [0.717, 1.165) is 25.8 Å². The van der Waals surface area contributed by atoms with Gasteiger partial charge < -0.3 is 4.74 Å². The third kappa shape index (κ3) is 4.40. The van der Waals surface area contributed by atoms with Gasteiger partial charge in [-0.2, -0.15) is 0 Å². The first-order valence-corrected chi connectivity index (χ1v) is 5.57. The van der Waals surface area contributed by atoms with E-state index in [2.05, 4.69) is 4.99 Å². The van der Waals surface area contributed by atoms with Gasteiger partial charge in [-0.1, -0.05) is 26.2 Å². The third-order valence-electron chi connectivity index (χ3n) is 2.36. The molecular formula is C11H19NO2. The van der Waals surface area contributed by atoms with E-state index in [1.807, 2.05) is 6.92 Å². The highest BCUT2D eigenvalue weighted by atomic mass is 16.5. The summed E-state index contributed by atoms with van der Waals surface area (Å²) in [5, 5.41) is 0. The van der Waals surface area contributed by atoms with E-state index in [4.69, 9.17) is 4.74 Å². The number of hydrogen-bond donors (Lipinski definition) is 0. The van der Waals surface area contributed by atoms with E-state index in [-0.39, 0.29) is 5.97 Å². The van der Waals surface area contributed by atoms with Crippen LogP contribution in [0.1, 0.15) is 51.9 Å². The third-order valence-corrected chi connectivity index (χ3v) is 2.36. The van der Waals surface area contributed by atoms with Crippen molar-refractivity contribution in [2.24, 2.45) is 4.99 Å². The molecule has 3 heteroatoms. The van der Waals surface area contributed by atoms with Crippen molar-refractivity contribution in [1.82, 2.24) is 0 Å². The normalized spacial score (nSPS) is 24.4. The number of nitrogens with zero attached hydrogens (tertiary/aromatic N) is 1. The molecule has 14 heavy (non-hydrogen) atoms. The molecule has 0 radical (unpaired) electrons. The minimum absolute atomic E-state index is 0.118. The molecule has 0 bridgehead atoms. The van der Waals surface area contributed by atoms with Crippen LogP contribution in [0.5, 0.6) is 0 Å². The minimum atomic E-state index is -0.118. The summed E-state index contributed by atoms with van der Waals surface area (Å²) >= 11 is 0. The predicted octanol–water partition coefficient (Wildman–Crippen LogP) is 2.69. The Morgan fingerprint density at radius 2 is 1.93 bits per heavy atom. The number of carbonyl (C=O) groups is 1. The lowest BCUT2D eigenvalue weighted by molar-refractivity contribution is -0.135. The smallest absolute Gasteiger partial charge is 0.312 e. The molecule has 1 heterocycles. The van der Waals surface area contributed by atoms with Crippen LogP contribution in [-0.4, -0.2) is 18.4 Å². The minimum Gasteiger partial charge on any atom is -0.412 e. The van der Waals surface area contributed by atoms with Crippen LogP contribution in [-0.2, 0) is 9.53 Å². The molecule has 0 saturated carbocycles. The number of ether oxygens (including phenoxy) is 1. The molecule has 0 N–H and O–H groups in total. The maximum Gasteiger partial charge on any atom is 0.312 e. The molecule has 0 atom stereocenters. The van der Waals surface area contributed by atoms with E-state index in [9.17, 15) is 4.79 Å². The van der Waals surface area contributed by atoms with Gasteiger partial charge in [0.15, 0.2) is 5.90 Å². The van der Waals surface area contributed by atoms with Gasteiger partial charge in [-0.05, 0) is 12.8 Å². The van der Waals surface area contributed by atoms with E-state index in [1.165, 1.54) is 12.8 Å². The predicted molar refractivity (Wildman–Crippen MR) is 56.4 cm³/mol. The fraction of sp³-hybridized carbons (Fsp3) is 0.818. The average molecular weight is 197 g/mol. The van der Waals surface area contributed by atoms with Crippen LogP contribution < -0.4 is 0 Å².